The van der Waals surface area contributed by atoms with Gasteiger partial charge < -0.3 is 14.2 Å². The van der Waals surface area contributed by atoms with Gasteiger partial charge in [0.2, 0.25) is 5.89 Å². The third-order valence-electron chi connectivity index (χ3n) is 4.70. The number of hydrogen-bond donors (Lipinski definition) is 0. The Morgan fingerprint density at radius 2 is 2.09 bits per heavy atom. The molecular weight excluding hydrogens is 294 g/mol. The van der Waals surface area contributed by atoms with Crippen LogP contribution in [-0.2, 0) is 4.74 Å². The molecule has 1 aliphatic carbocycles. The van der Waals surface area contributed by atoms with E-state index in [2.05, 4.69) is 24.0 Å². The lowest BCUT2D eigenvalue weighted by Crippen LogP contribution is -2.55. The standard InChI is InChI=1S/C17H27N3O3/c1-10(2)14-18-15(23-19-14)12-8-11-6-7-13(12)20(9-11)16(21)22-17(3,4)5/h10-13H,6-9H2,1-5H3. The van der Waals surface area contributed by atoms with Gasteiger partial charge in [-0.3, -0.25) is 0 Å². The van der Waals surface area contributed by atoms with Crippen LogP contribution in [0.25, 0.3) is 0 Å². The number of piperidine rings is 2. The molecule has 3 fully saturated rings. The van der Waals surface area contributed by atoms with E-state index in [0.717, 1.165) is 31.6 Å². The average molecular weight is 321 g/mol. The number of carbonyl (C=O) groups is 1. The van der Waals surface area contributed by atoms with Crippen molar-refractivity contribution in [2.24, 2.45) is 5.92 Å². The molecule has 3 unspecified atom stereocenters. The highest BCUT2D eigenvalue weighted by Gasteiger charge is 2.46. The van der Waals surface area contributed by atoms with Crippen molar-refractivity contribution < 1.29 is 14.1 Å². The molecule has 2 saturated heterocycles. The van der Waals surface area contributed by atoms with Gasteiger partial charge in [0.05, 0.1) is 5.92 Å². The second kappa shape index (κ2) is 5.80. The average Bonchev–Trinajstić information content (AvgIpc) is 2.95. The summed E-state index contributed by atoms with van der Waals surface area (Å²) in [5.74, 6) is 2.29. The van der Waals surface area contributed by atoms with Gasteiger partial charge >= 0.3 is 6.09 Å². The van der Waals surface area contributed by atoms with Crippen LogP contribution in [0, 0.1) is 5.92 Å². The van der Waals surface area contributed by atoms with E-state index in [1.807, 2.05) is 25.7 Å². The maximum absolute atomic E-state index is 12.5. The number of rotatable bonds is 2. The van der Waals surface area contributed by atoms with Crippen molar-refractivity contribution in [3.63, 3.8) is 0 Å². The molecule has 0 radical (unpaired) electrons. The Bertz CT molecular complexity index is 576. The summed E-state index contributed by atoms with van der Waals surface area (Å²) < 4.78 is 11.1. The number of fused-ring (bicyclic) bond motifs is 3. The minimum atomic E-state index is -0.474. The number of amides is 1. The van der Waals surface area contributed by atoms with E-state index in [1.165, 1.54) is 0 Å². The number of carbonyl (C=O) groups excluding carboxylic acids is 1. The van der Waals surface area contributed by atoms with Crippen LogP contribution in [0.3, 0.4) is 0 Å². The van der Waals surface area contributed by atoms with E-state index in [4.69, 9.17) is 9.26 Å². The van der Waals surface area contributed by atoms with Crippen molar-refractivity contribution in [2.45, 2.75) is 77.4 Å². The fourth-order valence-corrected chi connectivity index (χ4v) is 3.62. The number of ether oxygens (including phenoxy) is 1. The van der Waals surface area contributed by atoms with E-state index in [0.29, 0.717) is 11.8 Å². The molecule has 1 aromatic heterocycles. The summed E-state index contributed by atoms with van der Waals surface area (Å²) in [6.45, 7) is 10.6. The third-order valence-corrected chi connectivity index (χ3v) is 4.70. The molecule has 3 aliphatic rings. The van der Waals surface area contributed by atoms with Crippen LogP contribution in [-0.4, -0.2) is 39.3 Å². The number of aromatic nitrogens is 2. The molecule has 23 heavy (non-hydrogen) atoms. The molecule has 2 aliphatic heterocycles. The van der Waals surface area contributed by atoms with Crippen LogP contribution in [0.5, 0.6) is 0 Å². The van der Waals surface area contributed by atoms with Crippen molar-refractivity contribution >= 4 is 6.09 Å². The van der Waals surface area contributed by atoms with Gasteiger partial charge in [0.1, 0.15) is 5.60 Å². The highest BCUT2D eigenvalue weighted by molar-refractivity contribution is 5.69. The van der Waals surface area contributed by atoms with E-state index >= 15 is 0 Å². The van der Waals surface area contributed by atoms with Crippen molar-refractivity contribution in [2.75, 3.05) is 6.54 Å². The van der Waals surface area contributed by atoms with Crippen molar-refractivity contribution in [1.29, 1.82) is 0 Å². The zero-order chi connectivity index (χ0) is 16.8. The summed E-state index contributed by atoms with van der Waals surface area (Å²) in [6.07, 6.45) is 2.93. The van der Waals surface area contributed by atoms with Gasteiger partial charge in [0.25, 0.3) is 0 Å². The Balaban J connectivity index is 1.79. The highest BCUT2D eigenvalue weighted by atomic mass is 16.6. The Morgan fingerprint density at radius 1 is 1.35 bits per heavy atom. The quantitative estimate of drug-likeness (QED) is 0.831. The largest absolute Gasteiger partial charge is 0.444 e. The van der Waals surface area contributed by atoms with Crippen LogP contribution in [0.4, 0.5) is 4.79 Å². The normalized spacial score (nSPS) is 27.6. The van der Waals surface area contributed by atoms with Crippen molar-refractivity contribution in [3.8, 4) is 0 Å². The first-order valence-corrected chi connectivity index (χ1v) is 8.57. The first kappa shape index (κ1) is 16.3. The van der Waals surface area contributed by atoms with Gasteiger partial charge in [0, 0.05) is 18.5 Å². The van der Waals surface area contributed by atoms with Crippen molar-refractivity contribution in [1.82, 2.24) is 15.0 Å². The first-order chi connectivity index (χ1) is 10.7. The second-order valence-electron chi connectivity index (χ2n) is 8.13. The number of nitrogens with zero attached hydrogens (tertiary/aromatic N) is 3. The van der Waals surface area contributed by atoms with E-state index in [-0.39, 0.29) is 24.0 Å². The fraction of sp³-hybridized carbons (Fsp3) is 0.824. The monoisotopic (exact) mass is 321 g/mol. The third kappa shape index (κ3) is 3.35. The molecule has 6 heteroatoms. The van der Waals surface area contributed by atoms with Crippen LogP contribution < -0.4 is 0 Å². The maximum Gasteiger partial charge on any atom is 0.410 e. The van der Waals surface area contributed by atoms with Crippen LogP contribution in [0.1, 0.15) is 77.4 Å². The van der Waals surface area contributed by atoms with Gasteiger partial charge in [-0.1, -0.05) is 19.0 Å². The van der Waals surface area contributed by atoms with E-state index in [9.17, 15) is 4.79 Å². The predicted molar refractivity (Wildman–Crippen MR) is 85.2 cm³/mol. The van der Waals surface area contributed by atoms with Gasteiger partial charge in [-0.05, 0) is 46.0 Å². The Morgan fingerprint density at radius 3 is 2.65 bits per heavy atom. The molecule has 1 saturated carbocycles. The lowest BCUT2D eigenvalue weighted by atomic mass is 9.73. The molecule has 128 valence electrons. The highest BCUT2D eigenvalue weighted by Crippen LogP contribution is 2.44. The summed E-state index contributed by atoms with van der Waals surface area (Å²) >= 11 is 0. The number of hydrogen-bond acceptors (Lipinski definition) is 5. The maximum atomic E-state index is 12.5. The van der Waals surface area contributed by atoms with Crippen LogP contribution in [0.2, 0.25) is 0 Å². The molecule has 2 bridgehead atoms. The molecular formula is C17H27N3O3. The molecule has 0 N–H and O–H groups in total. The zero-order valence-corrected chi connectivity index (χ0v) is 14.7. The van der Waals surface area contributed by atoms with Gasteiger partial charge in [-0.15, -0.1) is 0 Å². The van der Waals surface area contributed by atoms with Crippen LogP contribution >= 0.6 is 0 Å². The van der Waals surface area contributed by atoms with E-state index < -0.39 is 5.60 Å². The van der Waals surface area contributed by atoms with Gasteiger partial charge in [-0.25, -0.2) is 4.79 Å². The lowest BCUT2D eigenvalue weighted by molar-refractivity contribution is -0.0226. The summed E-state index contributed by atoms with van der Waals surface area (Å²) in [6, 6.07) is 0.107. The Labute approximate surface area is 137 Å². The van der Waals surface area contributed by atoms with E-state index in [1.54, 1.807) is 0 Å². The molecule has 1 aromatic rings. The molecule has 6 nitrogen and oxygen atoms in total. The summed E-state index contributed by atoms with van der Waals surface area (Å²) in [7, 11) is 0. The molecule has 4 rings (SSSR count). The summed E-state index contributed by atoms with van der Waals surface area (Å²) in [4.78, 5) is 19.0. The first-order valence-electron chi connectivity index (χ1n) is 8.57. The molecule has 1 amide bonds. The SMILES string of the molecule is CC(C)c1noc(C2CC3CCC2N(C(=O)OC(C)(C)C)C3)n1. The fourth-order valence-electron chi connectivity index (χ4n) is 3.62. The molecule has 3 heterocycles. The lowest BCUT2D eigenvalue weighted by Gasteiger charge is -2.48. The molecule has 3 atom stereocenters. The minimum absolute atomic E-state index is 0.107. The second-order valence-corrected chi connectivity index (χ2v) is 8.13. The minimum Gasteiger partial charge on any atom is -0.444 e. The van der Waals surface area contributed by atoms with Crippen molar-refractivity contribution in [3.05, 3.63) is 11.7 Å². The topological polar surface area (TPSA) is 68.5 Å². The van der Waals surface area contributed by atoms with Gasteiger partial charge in [0.15, 0.2) is 5.82 Å². The summed E-state index contributed by atoms with van der Waals surface area (Å²) in [5, 5.41) is 4.08. The zero-order valence-electron chi connectivity index (χ0n) is 14.7. The Hall–Kier alpha value is -1.59. The Kier molecular flexibility index (Phi) is 4.10. The van der Waals surface area contributed by atoms with Crippen LogP contribution in [0.15, 0.2) is 4.52 Å². The summed E-state index contributed by atoms with van der Waals surface area (Å²) in [5.41, 5.74) is -0.474. The predicted octanol–water partition coefficient (Wildman–Crippen LogP) is 3.70. The van der Waals surface area contributed by atoms with Gasteiger partial charge in [-0.2, -0.15) is 4.98 Å². The molecule has 0 aromatic carbocycles. The molecule has 0 spiro atoms. The smallest absolute Gasteiger partial charge is 0.410 e.